The molecule has 0 aliphatic rings. The molecule has 0 fully saturated rings. The van der Waals surface area contributed by atoms with E-state index in [2.05, 4.69) is 11.4 Å². The molecule has 0 saturated carbocycles. The Morgan fingerprint density at radius 3 is 2.64 bits per heavy atom. The van der Waals surface area contributed by atoms with Crippen molar-refractivity contribution in [3.05, 3.63) is 70.2 Å². The monoisotopic (exact) mass is 330 g/mol. The number of carbonyl (C=O) groups excluding carboxylic acids is 1. The van der Waals surface area contributed by atoms with Gasteiger partial charge in [0.25, 0.3) is 5.91 Å². The van der Waals surface area contributed by atoms with Crippen LogP contribution in [0.25, 0.3) is 0 Å². The summed E-state index contributed by atoms with van der Waals surface area (Å²) in [7, 11) is 0. The quantitative estimate of drug-likeness (QED) is 0.818. The van der Waals surface area contributed by atoms with Crippen molar-refractivity contribution in [2.45, 2.75) is 5.75 Å². The molecule has 2 rings (SSSR count). The Morgan fingerprint density at radius 1 is 1.18 bits per heavy atom. The van der Waals surface area contributed by atoms with Crippen molar-refractivity contribution in [2.24, 2.45) is 0 Å². The summed E-state index contributed by atoms with van der Waals surface area (Å²) >= 11 is 7.48. The molecule has 1 amide bonds. The van der Waals surface area contributed by atoms with E-state index in [1.54, 1.807) is 36.0 Å². The van der Waals surface area contributed by atoms with E-state index in [0.717, 1.165) is 17.1 Å². The average molecular weight is 331 g/mol. The van der Waals surface area contributed by atoms with Crippen LogP contribution in [0.15, 0.2) is 48.5 Å². The summed E-state index contributed by atoms with van der Waals surface area (Å²) < 4.78 is 0. The summed E-state index contributed by atoms with van der Waals surface area (Å²) in [4.78, 5) is 11.9. The maximum absolute atomic E-state index is 11.9. The molecule has 5 heteroatoms. The summed E-state index contributed by atoms with van der Waals surface area (Å²) in [6, 6.07) is 16.6. The Labute approximate surface area is 139 Å². The van der Waals surface area contributed by atoms with Gasteiger partial charge in [-0.2, -0.15) is 17.0 Å². The largest absolute Gasteiger partial charge is 0.351 e. The second kappa shape index (κ2) is 8.47. The molecule has 2 aromatic rings. The number of thioether (sulfide) groups is 1. The van der Waals surface area contributed by atoms with Crippen molar-refractivity contribution in [1.82, 2.24) is 5.32 Å². The van der Waals surface area contributed by atoms with Gasteiger partial charge in [-0.15, -0.1) is 0 Å². The molecule has 2 aromatic carbocycles. The molecule has 1 N–H and O–H groups in total. The van der Waals surface area contributed by atoms with Gasteiger partial charge in [0.05, 0.1) is 11.6 Å². The number of carbonyl (C=O) groups is 1. The van der Waals surface area contributed by atoms with E-state index in [0.29, 0.717) is 22.7 Å². The van der Waals surface area contributed by atoms with Gasteiger partial charge in [-0.1, -0.05) is 29.8 Å². The minimum absolute atomic E-state index is 0.102. The van der Waals surface area contributed by atoms with Gasteiger partial charge in [0, 0.05) is 28.6 Å². The van der Waals surface area contributed by atoms with Crippen LogP contribution in [0, 0.1) is 11.3 Å². The van der Waals surface area contributed by atoms with Gasteiger partial charge in [-0.25, -0.2) is 0 Å². The van der Waals surface area contributed by atoms with Gasteiger partial charge in [-0.3, -0.25) is 4.79 Å². The van der Waals surface area contributed by atoms with Gasteiger partial charge < -0.3 is 5.32 Å². The first-order chi connectivity index (χ1) is 10.7. The predicted octanol–water partition coefficient (Wildman–Crippen LogP) is 3.87. The fourth-order valence-corrected chi connectivity index (χ4v) is 2.87. The van der Waals surface area contributed by atoms with Gasteiger partial charge in [0.1, 0.15) is 0 Å². The van der Waals surface area contributed by atoms with E-state index in [-0.39, 0.29) is 5.91 Å². The van der Waals surface area contributed by atoms with Crippen molar-refractivity contribution in [1.29, 1.82) is 5.26 Å². The molecular weight excluding hydrogens is 316 g/mol. The van der Waals surface area contributed by atoms with Crippen LogP contribution in [0.5, 0.6) is 0 Å². The van der Waals surface area contributed by atoms with Crippen molar-refractivity contribution >= 4 is 29.3 Å². The normalized spacial score (nSPS) is 10.0. The highest BCUT2D eigenvalue weighted by Gasteiger charge is 2.05. The highest BCUT2D eigenvalue weighted by atomic mass is 35.5. The summed E-state index contributed by atoms with van der Waals surface area (Å²) in [6.45, 7) is 0.584. The molecule has 22 heavy (non-hydrogen) atoms. The van der Waals surface area contributed by atoms with Crippen LogP contribution >= 0.6 is 23.4 Å². The number of hydrogen-bond donors (Lipinski definition) is 1. The molecular formula is C17H15ClN2OS. The number of nitrogens with zero attached hydrogens (tertiary/aromatic N) is 1. The third-order valence-electron chi connectivity index (χ3n) is 3.03. The van der Waals surface area contributed by atoms with Crippen LogP contribution in [0.2, 0.25) is 5.02 Å². The van der Waals surface area contributed by atoms with Gasteiger partial charge in [-0.05, 0) is 35.9 Å². The zero-order chi connectivity index (χ0) is 15.8. The first-order valence-corrected chi connectivity index (χ1v) is 8.33. The second-order valence-corrected chi connectivity index (χ2v) is 6.13. The maximum atomic E-state index is 11.9. The molecule has 0 aliphatic heterocycles. The van der Waals surface area contributed by atoms with E-state index < -0.39 is 0 Å². The smallest absolute Gasteiger partial charge is 0.251 e. The van der Waals surface area contributed by atoms with E-state index in [9.17, 15) is 4.79 Å². The molecule has 0 aliphatic carbocycles. The number of amides is 1. The Morgan fingerprint density at radius 2 is 1.91 bits per heavy atom. The zero-order valence-corrected chi connectivity index (χ0v) is 13.5. The Hall–Kier alpha value is -1.96. The highest BCUT2D eigenvalue weighted by molar-refractivity contribution is 7.98. The summed E-state index contributed by atoms with van der Waals surface area (Å²) in [5, 5.41) is 12.5. The van der Waals surface area contributed by atoms with Gasteiger partial charge in [0.15, 0.2) is 0 Å². The number of nitrogens with one attached hydrogen (secondary N) is 1. The maximum Gasteiger partial charge on any atom is 0.251 e. The summed E-state index contributed by atoms with van der Waals surface area (Å²) in [5.74, 6) is 1.45. The lowest BCUT2D eigenvalue weighted by atomic mass is 10.1. The van der Waals surface area contributed by atoms with E-state index >= 15 is 0 Å². The lowest BCUT2D eigenvalue weighted by Gasteiger charge is -2.06. The van der Waals surface area contributed by atoms with Crippen LogP contribution in [0.4, 0.5) is 0 Å². The number of nitriles is 1. The van der Waals surface area contributed by atoms with E-state index in [4.69, 9.17) is 16.9 Å². The molecule has 0 atom stereocenters. The molecule has 0 radical (unpaired) electrons. The topological polar surface area (TPSA) is 52.9 Å². The SMILES string of the molecule is N#Cc1ccccc1CSCCNC(=O)c1ccc(Cl)cc1. The minimum Gasteiger partial charge on any atom is -0.351 e. The molecule has 0 aromatic heterocycles. The predicted molar refractivity (Wildman–Crippen MR) is 91.1 cm³/mol. The highest BCUT2D eigenvalue weighted by Crippen LogP contribution is 2.15. The summed E-state index contributed by atoms with van der Waals surface area (Å²) in [6.07, 6.45) is 0. The van der Waals surface area contributed by atoms with Crippen LogP contribution in [-0.4, -0.2) is 18.2 Å². The van der Waals surface area contributed by atoms with Gasteiger partial charge in [0.2, 0.25) is 0 Å². The number of rotatable bonds is 6. The Balaban J connectivity index is 1.72. The number of halogens is 1. The zero-order valence-electron chi connectivity index (χ0n) is 11.9. The van der Waals surface area contributed by atoms with Crippen LogP contribution in [0.1, 0.15) is 21.5 Å². The second-order valence-electron chi connectivity index (χ2n) is 4.58. The number of hydrogen-bond acceptors (Lipinski definition) is 3. The number of benzene rings is 2. The Bertz CT molecular complexity index is 680. The molecule has 0 saturated heterocycles. The van der Waals surface area contributed by atoms with Crippen LogP contribution < -0.4 is 5.32 Å². The van der Waals surface area contributed by atoms with E-state index in [1.165, 1.54) is 0 Å². The minimum atomic E-state index is -0.102. The first kappa shape index (κ1) is 16.4. The van der Waals surface area contributed by atoms with E-state index in [1.807, 2.05) is 24.3 Å². The van der Waals surface area contributed by atoms with Crippen molar-refractivity contribution in [2.75, 3.05) is 12.3 Å². The fraction of sp³-hybridized carbons (Fsp3) is 0.176. The third kappa shape index (κ3) is 4.80. The Kier molecular flexibility index (Phi) is 6.32. The third-order valence-corrected chi connectivity index (χ3v) is 4.29. The molecule has 0 bridgehead atoms. The fourth-order valence-electron chi connectivity index (χ4n) is 1.88. The molecule has 112 valence electrons. The van der Waals surface area contributed by atoms with Crippen LogP contribution in [-0.2, 0) is 5.75 Å². The lowest BCUT2D eigenvalue weighted by Crippen LogP contribution is -2.25. The average Bonchev–Trinajstić information content (AvgIpc) is 2.55. The molecule has 0 heterocycles. The van der Waals surface area contributed by atoms with Crippen LogP contribution in [0.3, 0.4) is 0 Å². The first-order valence-electron chi connectivity index (χ1n) is 6.80. The molecule has 3 nitrogen and oxygen atoms in total. The van der Waals surface area contributed by atoms with Crippen molar-refractivity contribution in [3.63, 3.8) is 0 Å². The molecule has 0 unspecified atom stereocenters. The van der Waals surface area contributed by atoms with Crippen molar-refractivity contribution < 1.29 is 4.79 Å². The van der Waals surface area contributed by atoms with Gasteiger partial charge >= 0.3 is 0 Å². The van der Waals surface area contributed by atoms with Crippen molar-refractivity contribution in [3.8, 4) is 6.07 Å². The standard InChI is InChI=1S/C17H15ClN2OS/c18-16-7-5-13(6-8-16)17(21)20-9-10-22-12-15-4-2-1-3-14(15)11-19/h1-8H,9-10,12H2,(H,20,21). The molecule has 0 spiro atoms. The lowest BCUT2D eigenvalue weighted by molar-refractivity contribution is 0.0956. The summed E-state index contributed by atoms with van der Waals surface area (Å²) in [5.41, 5.74) is 2.34.